The highest BCUT2D eigenvalue weighted by Gasteiger charge is 2.40. The van der Waals surface area contributed by atoms with Crippen molar-refractivity contribution in [3.63, 3.8) is 0 Å². The van der Waals surface area contributed by atoms with Crippen molar-refractivity contribution in [2.45, 2.75) is 56.7 Å². The van der Waals surface area contributed by atoms with Gasteiger partial charge in [0.05, 0.1) is 41.4 Å². The molecule has 3 aromatic rings. The zero-order chi connectivity index (χ0) is 29.8. The monoisotopic (exact) mass is 589 g/mol. The zero-order valence-corrected chi connectivity index (χ0v) is 22.1. The molecule has 2 aliphatic rings. The maximum atomic E-state index is 12.9. The van der Waals surface area contributed by atoms with E-state index in [1.807, 2.05) is 5.10 Å². The van der Waals surface area contributed by atoms with Crippen LogP contribution in [-0.4, -0.2) is 81.4 Å². The second-order valence-electron chi connectivity index (χ2n) is 9.77. The number of ether oxygens (including phenoxy) is 1. The molecule has 0 amide bonds. The van der Waals surface area contributed by atoms with E-state index in [-0.39, 0.29) is 31.7 Å². The standard InChI is InChI=1S/C13H17F3N4.C12H12F3N3O3/c1-19-6-4-11-10(19)3-2-5-20(11)12-17-7-9(8-18-12)13(14,15)16;13-12(14,15)8-7-18(2-5-21-4-1-3-19)9-6-16-17-11(20)10(8)9/h7-8,10-11H,2-6H2,1H3;3,6-7H,1-2,4-5H2,(H,17,20)/t10-,11-;/m1./s1. The number of nitrogens with one attached hydrogen (secondary N) is 1. The number of likely N-dealkylation sites (N-methyl/N-ethyl adjacent to an activating group) is 1. The van der Waals surface area contributed by atoms with Crippen LogP contribution in [0.3, 0.4) is 0 Å². The lowest BCUT2D eigenvalue weighted by Crippen LogP contribution is -2.49. The Morgan fingerprint density at radius 1 is 1.02 bits per heavy atom. The Hall–Kier alpha value is -3.53. The topological polar surface area (TPSA) is 109 Å². The smallest absolute Gasteiger partial charge is 0.379 e. The minimum absolute atomic E-state index is 0.0880. The summed E-state index contributed by atoms with van der Waals surface area (Å²) in [6.07, 6.45) is -1.12. The van der Waals surface area contributed by atoms with E-state index in [1.54, 1.807) is 0 Å². The molecule has 0 unspecified atom stereocenters. The highest BCUT2D eigenvalue weighted by atomic mass is 19.4. The number of nitrogens with zero attached hydrogens (tertiary/aromatic N) is 6. The van der Waals surface area contributed by atoms with Gasteiger partial charge in [-0.3, -0.25) is 4.79 Å². The number of piperidine rings is 1. The maximum Gasteiger partial charge on any atom is 0.419 e. The molecule has 16 heteroatoms. The van der Waals surface area contributed by atoms with Crippen LogP contribution in [0.25, 0.3) is 10.9 Å². The molecule has 224 valence electrons. The Morgan fingerprint density at radius 2 is 1.76 bits per heavy atom. The van der Waals surface area contributed by atoms with Crippen molar-refractivity contribution >= 4 is 23.1 Å². The van der Waals surface area contributed by atoms with Gasteiger partial charge in [-0.2, -0.15) is 31.4 Å². The number of aldehydes is 1. The van der Waals surface area contributed by atoms with E-state index < -0.39 is 34.4 Å². The molecule has 0 aliphatic carbocycles. The lowest BCUT2D eigenvalue weighted by molar-refractivity contribution is -0.138. The largest absolute Gasteiger partial charge is 0.419 e. The number of hydrogen-bond acceptors (Lipinski definition) is 8. The van der Waals surface area contributed by atoms with E-state index in [1.165, 1.54) is 4.57 Å². The fourth-order valence-corrected chi connectivity index (χ4v) is 5.22. The first-order valence-electron chi connectivity index (χ1n) is 12.9. The minimum Gasteiger partial charge on any atom is -0.379 e. The molecule has 0 spiro atoms. The Morgan fingerprint density at radius 3 is 2.41 bits per heavy atom. The summed E-state index contributed by atoms with van der Waals surface area (Å²) in [6.45, 7) is 2.29. The molecule has 0 bridgehead atoms. The summed E-state index contributed by atoms with van der Waals surface area (Å²) >= 11 is 0. The molecule has 5 rings (SSSR count). The van der Waals surface area contributed by atoms with Gasteiger partial charge in [-0.15, -0.1) is 0 Å². The van der Waals surface area contributed by atoms with Crippen LogP contribution in [0.5, 0.6) is 0 Å². The Bertz CT molecular complexity index is 1370. The van der Waals surface area contributed by atoms with Crippen LogP contribution in [0.4, 0.5) is 32.3 Å². The molecule has 2 saturated heterocycles. The molecule has 2 fully saturated rings. The first-order valence-corrected chi connectivity index (χ1v) is 12.9. The van der Waals surface area contributed by atoms with Crippen molar-refractivity contribution in [3.05, 3.63) is 46.3 Å². The predicted octanol–water partition coefficient (Wildman–Crippen LogP) is 3.52. The third kappa shape index (κ3) is 7.04. The highest BCUT2D eigenvalue weighted by Crippen LogP contribution is 2.35. The number of halogens is 6. The van der Waals surface area contributed by atoms with Crippen molar-refractivity contribution in [1.82, 2.24) is 29.6 Å². The number of likely N-dealkylation sites (tertiary alicyclic amines) is 1. The molecule has 1 N–H and O–H groups in total. The molecule has 0 saturated carbocycles. The van der Waals surface area contributed by atoms with Gasteiger partial charge in [0.2, 0.25) is 5.95 Å². The lowest BCUT2D eigenvalue weighted by Gasteiger charge is -2.39. The van der Waals surface area contributed by atoms with Gasteiger partial charge < -0.3 is 23.9 Å². The molecule has 5 heterocycles. The molecule has 41 heavy (non-hydrogen) atoms. The molecule has 0 radical (unpaired) electrons. The number of hydrogen-bond donors (Lipinski definition) is 1. The molecule has 0 aromatic carbocycles. The number of aromatic nitrogens is 5. The summed E-state index contributed by atoms with van der Waals surface area (Å²) in [5.74, 6) is 0.419. The van der Waals surface area contributed by atoms with Crippen molar-refractivity contribution in [3.8, 4) is 0 Å². The zero-order valence-electron chi connectivity index (χ0n) is 22.1. The SMILES string of the molecule is CN1CC[C@@H]2[C@H]1CCCN2c1ncc(C(F)(F)F)cn1.O=CCCOCCn1cc(C(F)(F)F)c2c(=O)[nH]ncc21. The predicted molar refractivity (Wildman–Crippen MR) is 135 cm³/mol. The van der Waals surface area contributed by atoms with Crippen LogP contribution in [0, 0.1) is 0 Å². The second kappa shape index (κ2) is 12.5. The molecule has 10 nitrogen and oxygen atoms in total. The number of fused-ring (bicyclic) bond motifs is 2. The van der Waals surface area contributed by atoms with E-state index in [4.69, 9.17) is 4.74 Å². The molecular weight excluding hydrogens is 560 g/mol. The van der Waals surface area contributed by atoms with Gasteiger partial charge in [-0.05, 0) is 26.3 Å². The number of alkyl halides is 6. The minimum atomic E-state index is -4.63. The summed E-state index contributed by atoms with van der Waals surface area (Å²) in [4.78, 5) is 33.9. The van der Waals surface area contributed by atoms with Crippen molar-refractivity contribution in [2.75, 3.05) is 38.3 Å². The van der Waals surface area contributed by atoms with Crippen LogP contribution in [0.15, 0.2) is 29.6 Å². The summed E-state index contributed by atoms with van der Waals surface area (Å²) in [6, 6.07) is 0.792. The normalized spacial score (nSPS) is 19.6. The highest BCUT2D eigenvalue weighted by molar-refractivity contribution is 5.82. The van der Waals surface area contributed by atoms with Gasteiger partial charge in [0.1, 0.15) is 6.29 Å². The van der Waals surface area contributed by atoms with Gasteiger partial charge in [-0.25, -0.2) is 15.1 Å². The molecule has 2 atom stereocenters. The number of rotatable bonds is 7. The van der Waals surface area contributed by atoms with Crippen molar-refractivity contribution < 1.29 is 35.9 Å². The number of carbonyl (C=O) groups excluding carboxylic acids is 1. The van der Waals surface area contributed by atoms with Crippen molar-refractivity contribution in [1.29, 1.82) is 0 Å². The number of aromatic amines is 1. The van der Waals surface area contributed by atoms with E-state index in [0.29, 0.717) is 24.3 Å². The number of H-pyrrole nitrogens is 1. The van der Waals surface area contributed by atoms with E-state index in [0.717, 1.165) is 57.1 Å². The average Bonchev–Trinajstić information content (AvgIpc) is 3.50. The van der Waals surface area contributed by atoms with Gasteiger partial charge in [0.25, 0.3) is 5.56 Å². The summed E-state index contributed by atoms with van der Waals surface area (Å²) in [5, 5.41) is 5.07. The van der Waals surface area contributed by atoms with Crippen LogP contribution in [0.1, 0.15) is 36.8 Å². The van der Waals surface area contributed by atoms with Crippen LogP contribution in [0.2, 0.25) is 0 Å². The summed E-state index contributed by atoms with van der Waals surface area (Å²) < 4.78 is 82.8. The Labute approximate surface area is 230 Å². The van der Waals surface area contributed by atoms with Gasteiger partial charge in [0.15, 0.2) is 0 Å². The van der Waals surface area contributed by atoms with E-state index >= 15 is 0 Å². The van der Waals surface area contributed by atoms with Gasteiger partial charge in [-0.1, -0.05) is 0 Å². The first-order chi connectivity index (χ1) is 19.4. The Balaban J connectivity index is 0.000000189. The fraction of sp³-hybridized carbons (Fsp3) is 0.560. The number of anilines is 1. The Kier molecular flexibility index (Phi) is 9.31. The van der Waals surface area contributed by atoms with E-state index in [9.17, 15) is 35.9 Å². The lowest BCUT2D eigenvalue weighted by atomic mass is 9.97. The third-order valence-corrected chi connectivity index (χ3v) is 7.17. The summed E-state index contributed by atoms with van der Waals surface area (Å²) in [5.41, 5.74) is -2.60. The quantitative estimate of drug-likeness (QED) is 0.254. The molecule has 3 aromatic heterocycles. The number of carbonyl (C=O) groups is 1. The van der Waals surface area contributed by atoms with Crippen LogP contribution >= 0.6 is 0 Å². The second-order valence-corrected chi connectivity index (χ2v) is 9.77. The summed E-state index contributed by atoms with van der Waals surface area (Å²) in [7, 11) is 2.10. The van der Waals surface area contributed by atoms with Crippen LogP contribution in [-0.2, 0) is 28.4 Å². The van der Waals surface area contributed by atoms with Gasteiger partial charge >= 0.3 is 12.4 Å². The van der Waals surface area contributed by atoms with Gasteiger partial charge in [0, 0.05) is 56.7 Å². The maximum absolute atomic E-state index is 12.9. The fourth-order valence-electron chi connectivity index (χ4n) is 5.22. The molecular formula is C25H29F6N7O3. The van der Waals surface area contributed by atoms with Crippen molar-refractivity contribution in [2.24, 2.45) is 0 Å². The first kappa shape index (κ1) is 30.4. The average molecular weight is 590 g/mol. The van der Waals surface area contributed by atoms with Crippen LogP contribution < -0.4 is 10.5 Å². The third-order valence-electron chi connectivity index (χ3n) is 7.17. The van der Waals surface area contributed by atoms with E-state index in [2.05, 4.69) is 31.9 Å². The molecule has 2 aliphatic heterocycles.